The summed E-state index contributed by atoms with van der Waals surface area (Å²) in [7, 11) is -1.95. The largest absolute Gasteiger partial charge is 0.497 e. The van der Waals surface area contributed by atoms with E-state index in [4.69, 9.17) is 4.74 Å². The van der Waals surface area contributed by atoms with Gasteiger partial charge in [0.1, 0.15) is 5.75 Å². The van der Waals surface area contributed by atoms with Crippen LogP contribution < -0.4 is 4.74 Å². The van der Waals surface area contributed by atoms with Gasteiger partial charge in [0.25, 0.3) is 11.8 Å². The number of piperidine rings is 1. The summed E-state index contributed by atoms with van der Waals surface area (Å²) in [5.41, 5.74) is 0.794. The third kappa shape index (κ3) is 4.50. The monoisotopic (exact) mass is 470 g/mol. The molecular weight excluding hydrogens is 444 g/mol. The molecule has 2 aromatic rings. The molecule has 1 fully saturated rings. The van der Waals surface area contributed by atoms with Crippen molar-refractivity contribution in [2.75, 3.05) is 26.7 Å². The van der Waals surface area contributed by atoms with E-state index in [1.807, 2.05) is 0 Å². The van der Waals surface area contributed by atoms with E-state index in [9.17, 15) is 22.8 Å². The van der Waals surface area contributed by atoms with Crippen molar-refractivity contribution in [1.82, 2.24) is 9.80 Å². The zero-order valence-electron chi connectivity index (χ0n) is 18.4. The summed E-state index contributed by atoms with van der Waals surface area (Å²) >= 11 is 0. The molecule has 3 amide bonds. The van der Waals surface area contributed by atoms with Gasteiger partial charge in [0.2, 0.25) is 5.91 Å². The summed E-state index contributed by atoms with van der Waals surface area (Å²) in [6, 6.07) is 13.0. The van der Waals surface area contributed by atoms with E-state index < -0.39 is 15.1 Å². The zero-order chi connectivity index (χ0) is 23.6. The van der Waals surface area contributed by atoms with Crippen LogP contribution in [-0.4, -0.2) is 67.9 Å². The van der Waals surface area contributed by atoms with Gasteiger partial charge in [-0.1, -0.05) is 12.1 Å². The first kappa shape index (κ1) is 23.0. The fourth-order valence-electron chi connectivity index (χ4n) is 4.36. The molecule has 0 radical (unpaired) electrons. The van der Waals surface area contributed by atoms with Crippen molar-refractivity contribution in [2.24, 2.45) is 0 Å². The second-order valence-corrected chi connectivity index (χ2v) is 10.4. The SMILES string of the molecule is COc1ccc(S(=O)(=O)C2CCN(C(=O)CCCN3C(=O)c4ccccc4C3=O)CC2)cc1. The molecule has 2 aromatic carbocycles. The predicted octanol–water partition coefficient (Wildman–Crippen LogP) is 2.54. The predicted molar refractivity (Wildman–Crippen MR) is 121 cm³/mol. The van der Waals surface area contributed by atoms with Gasteiger partial charge in [-0.2, -0.15) is 0 Å². The van der Waals surface area contributed by atoms with Crippen molar-refractivity contribution >= 4 is 27.6 Å². The highest BCUT2D eigenvalue weighted by Crippen LogP contribution is 2.27. The Morgan fingerprint density at radius 2 is 1.55 bits per heavy atom. The molecule has 2 heterocycles. The summed E-state index contributed by atoms with van der Waals surface area (Å²) in [6.45, 7) is 0.915. The van der Waals surface area contributed by atoms with Crippen molar-refractivity contribution in [1.29, 1.82) is 0 Å². The molecule has 0 aromatic heterocycles. The van der Waals surface area contributed by atoms with E-state index in [1.54, 1.807) is 53.4 Å². The van der Waals surface area contributed by atoms with E-state index >= 15 is 0 Å². The van der Waals surface area contributed by atoms with Gasteiger partial charge in [0.05, 0.1) is 28.4 Å². The maximum atomic E-state index is 12.9. The number of hydrogen-bond donors (Lipinski definition) is 0. The number of sulfone groups is 1. The number of nitrogens with zero attached hydrogens (tertiary/aromatic N) is 2. The number of methoxy groups -OCH3 is 1. The summed E-state index contributed by atoms with van der Waals surface area (Å²) in [5.74, 6) is -0.150. The number of imide groups is 1. The second-order valence-electron chi connectivity index (χ2n) is 8.21. The number of carbonyl (C=O) groups excluding carboxylic acids is 3. The molecule has 0 saturated carbocycles. The number of likely N-dealkylation sites (tertiary alicyclic amines) is 1. The molecule has 33 heavy (non-hydrogen) atoms. The molecule has 0 N–H and O–H groups in total. The number of benzene rings is 2. The fraction of sp³-hybridized carbons (Fsp3) is 0.375. The molecule has 0 atom stereocenters. The van der Waals surface area contributed by atoms with Crippen LogP contribution in [0.15, 0.2) is 53.4 Å². The van der Waals surface area contributed by atoms with Gasteiger partial charge in [-0.15, -0.1) is 0 Å². The summed E-state index contributed by atoms with van der Waals surface area (Å²) in [6.07, 6.45) is 1.31. The van der Waals surface area contributed by atoms with Crippen LogP contribution in [0.25, 0.3) is 0 Å². The van der Waals surface area contributed by atoms with Gasteiger partial charge < -0.3 is 9.64 Å². The number of carbonyl (C=O) groups is 3. The quantitative estimate of drug-likeness (QED) is 0.577. The van der Waals surface area contributed by atoms with Crippen LogP contribution in [0.3, 0.4) is 0 Å². The van der Waals surface area contributed by atoms with Crippen LogP contribution in [0.4, 0.5) is 0 Å². The lowest BCUT2D eigenvalue weighted by atomic mass is 10.1. The Hall–Kier alpha value is -3.20. The average Bonchev–Trinajstić information content (AvgIpc) is 3.09. The first-order valence-corrected chi connectivity index (χ1v) is 12.5. The standard InChI is InChI=1S/C24H26N2O6S/c1-32-17-8-10-18(11-9-17)33(30,31)19-12-15-25(16-13-19)22(27)7-4-14-26-23(28)20-5-2-3-6-21(20)24(26)29/h2-3,5-6,8-11,19H,4,7,12-16H2,1H3. The van der Waals surface area contributed by atoms with E-state index in [1.165, 1.54) is 12.0 Å². The normalized spacial score (nSPS) is 16.8. The highest BCUT2D eigenvalue weighted by molar-refractivity contribution is 7.92. The lowest BCUT2D eigenvalue weighted by Gasteiger charge is -2.32. The lowest BCUT2D eigenvalue weighted by molar-refractivity contribution is -0.132. The molecule has 0 aliphatic carbocycles. The Balaban J connectivity index is 1.27. The number of fused-ring (bicyclic) bond motifs is 1. The minimum absolute atomic E-state index is 0.0908. The van der Waals surface area contributed by atoms with Crippen LogP contribution in [0, 0.1) is 0 Å². The Kier molecular flexibility index (Phi) is 6.51. The fourth-order valence-corrected chi connectivity index (χ4v) is 6.09. The molecule has 2 aliphatic heterocycles. The third-order valence-electron chi connectivity index (χ3n) is 6.27. The van der Waals surface area contributed by atoms with Crippen molar-refractivity contribution < 1.29 is 27.5 Å². The Bertz CT molecular complexity index is 1130. The average molecular weight is 471 g/mol. The molecule has 0 spiro atoms. The van der Waals surface area contributed by atoms with Crippen LogP contribution in [0.5, 0.6) is 5.75 Å². The van der Waals surface area contributed by atoms with Crippen LogP contribution >= 0.6 is 0 Å². The second kappa shape index (κ2) is 9.35. The third-order valence-corrected chi connectivity index (χ3v) is 8.55. The lowest BCUT2D eigenvalue weighted by Crippen LogP contribution is -2.42. The molecular formula is C24H26N2O6S. The molecule has 9 heteroatoms. The van der Waals surface area contributed by atoms with Crippen molar-refractivity contribution in [3.05, 3.63) is 59.7 Å². The molecule has 8 nitrogen and oxygen atoms in total. The van der Waals surface area contributed by atoms with Gasteiger partial charge in [-0.3, -0.25) is 19.3 Å². The zero-order valence-corrected chi connectivity index (χ0v) is 19.2. The number of amides is 3. The van der Waals surface area contributed by atoms with Gasteiger partial charge in [-0.05, 0) is 55.7 Å². The maximum absolute atomic E-state index is 12.9. The van der Waals surface area contributed by atoms with Crippen molar-refractivity contribution in [3.8, 4) is 5.75 Å². The molecule has 174 valence electrons. The van der Waals surface area contributed by atoms with Gasteiger partial charge in [0, 0.05) is 26.1 Å². The summed E-state index contributed by atoms with van der Waals surface area (Å²) in [5, 5.41) is -0.534. The van der Waals surface area contributed by atoms with Gasteiger partial charge >= 0.3 is 0 Å². The molecule has 1 saturated heterocycles. The Labute approximate surface area is 193 Å². The number of ether oxygens (including phenoxy) is 1. The minimum Gasteiger partial charge on any atom is -0.497 e. The smallest absolute Gasteiger partial charge is 0.261 e. The minimum atomic E-state index is -3.48. The van der Waals surface area contributed by atoms with Gasteiger partial charge in [0.15, 0.2) is 9.84 Å². The number of rotatable bonds is 7. The van der Waals surface area contributed by atoms with Crippen LogP contribution in [0.2, 0.25) is 0 Å². The van der Waals surface area contributed by atoms with Crippen LogP contribution in [0.1, 0.15) is 46.4 Å². The summed E-state index contributed by atoms with van der Waals surface area (Å²) < 4.78 is 30.9. The van der Waals surface area contributed by atoms with Crippen LogP contribution in [-0.2, 0) is 14.6 Å². The molecule has 4 rings (SSSR count). The van der Waals surface area contributed by atoms with Crippen molar-refractivity contribution in [3.63, 3.8) is 0 Å². The maximum Gasteiger partial charge on any atom is 0.261 e. The highest BCUT2D eigenvalue weighted by Gasteiger charge is 2.35. The topological polar surface area (TPSA) is 101 Å². The van der Waals surface area contributed by atoms with E-state index in [0.29, 0.717) is 49.2 Å². The highest BCUT2D eigenvalue weighted by atomic mass is 32.2. The first-order chi connectivity index (χ1) is 15.8. The Morgan fingerprint density at radius 1 is 0.970 bits per heavy atom. The Morgan fingerprint density at radius 3 is 2.09 bits per heavy atom. The molecule has 0 bridgehead atoms. The van der Waals surface area contributed by atoms with E-state index in [0.717, 1.165) is 0 Å². The summed E-state index contributed by atoms with van der Waals surface area (Å²) in [4.78, 5) is 40.6. The molecule has 0 unspecified atom stereocenters. The van der Waals surface area contributed by atoms with E-state index in [-0.39, 0.29) is 35.6 Å². The molecule has 2 aliphatic rings. The van der Waals surface area contributed by atoms with Crippen molar-refractivity contribution in [2.45, 2.75) is 35.8 Å². The number of hydrogen-bond acceptors (Lipinski definition) is 6. The first-order valence-electron chi connectivity index (χ1n) is 10.9. The van der Waals surface area contributed by atoms with E-state index in [2.05, 4.69) is 0 Å². The van der Waals surface area contributed by atoms with Gasteiger partial charge in [-0.25, -0.2) is 8.42 Å².